The third-order valence-electron chi connectivity index (χ3n) is 3.86. The molecule has 0 radical (unpaired) electrons. The zero-order valence-electron chi connectivity index (χ0n) is 11.6. The number of hydrogen-bond acceptors (Lipinski definition) is 5. The van der Waals surface area contributed by atoms with Crippen LogP contribution in [0.4, 0.5) is 11.9 Å². The van der Waals surface area contributed by atoms with Crippen molar-refractivity contribution in [2.45, 2.75) is 18.5 Å². The minimum absolute atomic E-state index is 0.0805. The molecule has 22 heavy (non-hydrogen) atoms. The largest absolute Gasteiger partial charge is 0.366 e. The molecule has 5 nitrogen and oxygen atoms in total. The summed E-state index contributed by atoms with van der Waals surface area (Å²) >= 11 is 8.07. The molecule has 0 unspecified atom stereocenters. The molecule has 0 amide bonds. The normalized spacial score (nSPS) is 20.4. The molecule has 1 aromatic carbocycles. The van der Waals surface area contributed by atoms with Gasteiger partial charge in [-0.25, -0.2) is 4.68 Å². The van der Waals surface area contributed by atoms with E-state index < -0.39 is 0 Å². The first-order chi connectivity index (χ1) is 10.7. The summed E-state index contributed by atoms with van der Waals surface area (Å²) in [4.78, 5) is 5.54. The van der Waals surface area contributed by atoms with Crippen LogP contribution in [0.5, 0.6) is 0 Å². The van der Waals surface area contributed by atoms with Gasteiger partial charge in [0, 0.05) is 9.90 Å². The van der Waals surface area contributed by atoms with Crippen molar-refractivity contribution in [3.63, 3.8) is 0 Å². The van der Waals surface area contributed by atoms with Gasteiger partial charge in [0.15, 0.2) is 0 Å². The molecule has 0 fully saturated rings. The Morgan fingerprint density at radius 1 is 1.27 bits per heavy atom. The molecule has 7 heteroatoms. The van der Waals surface area contributed by atoms with Gasteiger partial charge in [-0.1, -0.05) is 35.9 Å². The van der Waals surface area contributed by atoms with Crippen LogP contribution in [0.2, 0.25) is 5.02 Å². The molecule has 0 saturated carbocycles. The lowest BCUT2D eigenvalue weighted by Crippen LogP contribution is -2.27. The number of nitrogen functional groups attached to an aromatic ring is 1. The minimum Gasteiger partial charge on any atom is -0.366 e. The smallest absolute Gasteiger partial charge is 0.241 e. The van der Waals surface area contributed by atoms with E-state index in [1.807, 2.05) is 35.0 Å². The van der Waals surface area contributed by atoms with E-state index in [-0.39, 0.29) is 18.0 Å². The van der Waals surface area contributed by atoms with Gasteiger partial charge >= 0.3 is 0 Å². The first-order valence-electron chi connectivity index (χ1n) is 6.99. The monoisotopic (exact) mass is 331 g/mol. The second-order valence-electron chi connectivity index (χ2n) is 5.22. The zero-order chi connectivity index (χ0) is 15.1. The van der Waals surface area contributed by atoms with Crippen LogP contribution in [0.15, 0.2) is 41.8 Å². The highest BCUT2D eigenvalue weighted by Crippen LogP contribution is 2.40. The van der Waals surface area contributed by atoms with Gasteiger partial charge in [-0.15, -0.1) is 16.4 Å². The molecule has 0 spiro atoms. The van der Waals surface area contributed by atoms with Gasteiger partial charge in [0.05, 0.1) is 12.1 Å². The summed E-state index contributed by atoms with van der Waals surface area (Å²) < 4.78 is 1.87. The highest BCUT2D eigenvalue weighted by atomic mass is 35.5. The zero-order valence-corrected chi connectivity index (χ0v) is 13.2. The lowest BCUT2D eigenvalue weighted by atomic mass is 9.97. The van der Waals surface area contributed by atoms with Crippen molar-refractivity contribution in [2.24, 2.45) is 0 Å². The second kappa shape index (κ2) is 5.30. The molecule has 2 aromatic heterocycles. The predicted octanol–water partition coefficient (Wildman–Crippen LogP) is 3.72. The van der Waals surface area contributed by atoms with Gasteiger partial charge in [0.25, 0.3) is 0 Å². The average Bonchev–Trinajstić information content (AvgIpc) is 3.14. The van der Waals surface area contributed by atoms with Crippen molar-refractivity contribution < 1.29 is 0 Å². The van der Waals surface area contributed by atoms with Crippen molar-refractivity contribution in [2.75, 3.05) is 11.1 Å². The molecule has 1 aliphatic heterocycles. The summed E-state index contributed by atoms with van der Waals surface area (Å²) in [5.74, 6) is 0.968. The highest BCUT2D eigenvalue weighted by Gasteiger charge is 2.32. The average molecular weight is 332 g/mol. The van der Waals surface area contributed by atoms with Crippen LogP contribution in [0.1, 0.15) is 28.9 Å². The first kappa shape index (κ1) is 13.6. The van der Waals surface area contributed by atoms with Gasteiger partial charge in [-0.2, -0.15) is 4.98 Å². The highest BCUT2D eigenvalue weighted by molar-refractivity contribution is 7.10. The summed E-state index contributed by atoms with van der Waals surface area (Å²) in [6.07, 6.45) is 0.847. The summed E-state index contributed by atoms with van der Waals surface area (Å²) in [7, 11) is 0. The number of nitrogens with zero attached hydrogens (tertiary/aromatic N) is 3. The Morgan fingerprint density at radius 2 is 2.14 bits per heavy atom. The van der Waals surface area contributed by atoms with E-state index in [0.717, 1.165) is 17.0 Å². The second-order valence-corrected chi connectivity index (χ2v) is 6.61. The molecule has 0 saturated heterocycles. The number of fused-ring (bicyclic) bond motifs is 1. The molecule has 112 valence electrons. The Morgan fingerprint density at radius 3 is 2.91 bits per heavy atom. The molecular weight excluding hydrogens is 318 g/mol. The lowest BCUT2D eigenvalue weighted by Gasteiger charge is -2.31. The van der Waals surface area contributed by atoms with Crippen LogP contribution < -0.4 is 11.1 Å². The van der Waals surface area contributed by atoms with Crippen LogP contribution in [0.3, 0.4) is 0 Å². The van der Waals surface area contributed by atoms with Crippen molar-refractivity contribution in [1.29, 1.82) is 0 Å². The number of anilines is 2. The standard InChI is InChI=1S/C15H14ClN5S/c16-10-5-2-1-4-9(10)11-8-12(13-6-3-7-22-13)21-15(18-11)19-14(17)20-21/h1-7,11-12H,8H2,(H3,17,18,19,20)/t11-,12-/m0/s1. The van der Waals surface area contributed by atoms with E-state index in [9.17, 15) is 0 Å². The number of hydrogen-bond donors (Lipinski definition) is 2. The predicted molar refractivity (Wildman–Crippen MR) is 89.3 cm³/mol. The van der Waals surface area contributed by atoms with Crippen LogP contribution >= 0.6 is 22.9 Å². The molecule has 0 bridgehead atoms. The SMILES string of the molecule is Nc1nc2n(n1)[C@H](c1cccs1)C[C@@H](c1ccccc1Cl)N2. The van der Waals surface area contributed by atoms with Crippen molar-refractivity contribution in [1.82, 2.24) is 14.8 Å². The van der Waals surface area contributed by atoms with Gasteiger partial charge in [0.1, 0.15) is 0 Å². The Labute approximate surface area is 136 Å². The van der Waals surface area contributed by atoms with E-state index in [1.54, 1.807) is 11.3 Å². The quantitative estimate of drug-likeness (QED) is 0.751. The molecule has 0 aliphatic carbocycles. The third-order valence-corrected chi connectivity index (χ3v) is 5.18. The van der Waals surface area contributed by atoms with E-state index in [0.29, 0.717) is 5.95 Å². The maximum atomic E-state index is 6.36. The van der Waals surface area contributed by atoms with Crippen LogP contribution in [0, 0.1) is 0 Å². The molecule has 3 N–H and O–H groups in total. The third kappa shape index (κ3) is 2.24. The van der Waals surface area contributed by atoms with Gasteiger partial charge in [-0.05, 0) is 29.5 Å². The van der Waals surface area contributed by atoms with Gasteiger partial charge in [0.2, 0.25) is 11.9 Å². The van der Waals surface area contributed by atoms with Crippen LogP contribution in [0.25, 0.3) is 0 Å². The fourth-order valence-corrected chi connectivity index (χ4v) is 3.97. The molecule has 2 atom stereocenters. The van der Waals surface area contributed by atoms with Crippen LogP contribution in [-0.2, 0) is 0 Å². The molecule has 3 aromatic rings. The summed E-state index contributed by atoms with van der Waals surface area (Å²) in [5.41, 5.74) is 6.85. The minimum atomic E-state index is 0.0805. The molecule has 1 aliphatic rings. The number of halogens is 1. The first-order valence-corrected chi connectivity index (χ1v) is 8.24. The topological polar surface area (TPSA) is 68.8 Å². The number of rotatable bonds is 2. The van der Waals surface area contributed by atoms with Crippen molar-refractivity contribution in [3.05, 3.63) is 57.2 Å². The Bertz CT molecular complexity index is 798. The van der Waals surface area contributed by atoms with Crippen LogP contribution in [-0.4, -0.2) is 14.8 Å². The number of benzene rings is 1. The van der Waals surface area contributed by atoms with Crippen molar-refractivity contribution in [3.8, 4) is 0 Å². The summed E-state index contributed by atoms with van der Waals surface area (Å²) in [6.45, 7) is 0. The van der Waals surface area contributed by atoms with Gasteiger partial charge < -0.3 is 11.1 Å². The van der Waals surface area contributed by atoms with Crippen molar-refractivity contribution >= 4 is 34.8 Å². The fourth-order valence-electron chi connectivity index (χ4n) is 2.87. The maximum absolute atomic E-state index is 6.36. The van der Waals surface area contributed by atoms with Gasteiger partial charge in [-0.3, -0.25) is 0 Å². The fraction of sp³-hybridized carbons (Fsp3) is 0.200. The summed E-state index contributed by atoms with van der Waals surface area (Å²) in [6, 6.07) is 12.2. The van der Waals surface area contributed by atoms with E-state index in [4.69, 9.17) is 17.3 Å². The number of nitrogens with one attached hydrogen (secondary N) is 1. The lowest BCUT2D eigenvalue weighted by molar-refractivity contribution is 0.437. The number of thiophene rings is 1. The Hall–Kier alpha value is -2.05. The molecule has 3 heterocycles. The summed E-state index contributed by atoms with van der Waals surface area (Å²) in [5, 5.41) is 10.6. The number of nitrogens with two attached hydrogens (primary N) is 1. The van der Waals surface area contributed by atoms with E-state index >= 15 is 0 Å². The maximum Gasteiger partial charge on any atom is 0.241 e. The van der Waals surface area contributed by atoms with E-state index in [2.05, 4.69) is 26.8 Å². The Balaban J connectivity index is 1.78. The Kier molecular flexibility index (Phi) is 3.28. The van der Waals surface area contributed by atoms with E-state index in [1.165, 1.54) is 4.88 Å². The molecular formula is C15H14ClN5S. The number of aromatic nitrogens is 3. The molecule has 4 rings (SSSR count).